The summed E-state index contributed by atoms with van der Waals surface area (Å²) >= 11 is 0. The molecule has 0 radical (unpaired) electrons. The molecule has 13 nitrogen and oxygen atoms in total. The van der Waals surface area contributed by atoms with Crippen molar-refractivity contribution in [2.45, 2.75) is 256 Å². The molecule has 1 rings (SSSR count). The van der Waals surface area contributed by atoms with Crippen LogP contribution in [0.5, 0.6) is 0 Å². The minimum absolute atomic E-state index is 0.0378. The minimum atomic E-state index is -1.51. The van der Waals surface area contributed by atoms with E-state index in [1.165, 1.54) is 135 Å². The monoisotopic (exact) mass is 880 g/mol. The quantitative estimate of drug-likeness (QED) is 0.0150. The molecule has 62 heavy (non-hydrogen) atoms. The summed E-state index contributed by atoms with van der Waals surface area (Å²) in [4.78, 5) is 58.1. The Morgan fingerprint density at radius 1 is 0.710 bits per heavy atom. The summed E-state index contributed by atoms with van der Waals surface area (Å²) in [5.74, 6) is -2.31. The average molecular weight is 880 g/mol. The second-order valence-electron chi connectivity index (χ2n) is 17.8. The van der Waals surface area contributed by atoms with Gasteiger partial charge in [0, 0.05) is 19.4 Å². The van der Waals surface area contributed by atoms with Crippen molar-refractivity contribution >= 4 is 23.5 Å². The van der Waals surface area contributed by atoms with Gasteiger partial charge in [-0.05, 0) is 45.4 Å². The zero-order valence-electron chi connectivity index (χ0n) is 39.6. The van der Waals surface area contributed by atoms with E-state index in [4.69, 9.17) is 21.0 Å². The molecule has 362 valence electrons. The van der Waals surface area contributed by atoms with E-state index in [9.17, 15) is 29.4 Å². The van der Waals surface area contributed by atoms with Gasteiger partial charge in [0.15, 0.2) is 5.78 Å². The summed E-state index contributed by atoms with van der Waals surface area (Å²) in [7, 11) is 0. The molecular weight excluding hydrogens is 787 g/mol. The van der Waals surface area contributed by atoms with Crippen LogP contribution in [0.3, 0.4) is 0 Å². The van der Waals surface area contributed by atoms with Gasteiger partial charge in [0.1, 0.15) is 36.6 Å². The smallest absolute Gasteiger partial charge is 0.265 e. The van der Waals surface area contributed by atoms with Gasteiger partial charge in [-0.25, -0.2) is 5.48 Å². The molecule has 1 saturated heterocycles. The van der Waals surface area contributed by atoms with E-state index >= 15 is 0 Å². The standard InChI is InChI=1S/C49H93N5O8/c1-4-6-8-10-12-14-16-18-20-22-24-26-28-30-32-34-36-54(44(57)35-33-31-29-27-25-23-21-19-17-15-13-11-9-7-5-2)45-37-42(47(58)43(39-55)61-45)62-53-48(59)40(3)52-49(60)46(51)41(56)38-50/h19,21,40,42-43,45-47,55,58H,4-18,20,22-39,50-51H2,1-3H3,(H,52,60)(H,53,59)/b21-19-/t40-,42-,43+,45+,46?,47+/m0/s1. The van der Waals surface area contributed by atoms with Crippen LogP contribution in [0.15, 0.2) is 12.2 Å². The van der Waals surface area contributed by atoms with E-state index in [2.05, 4.69) is 36.8 Å². The van der Waals surface area contributed by atoms with Crippen molar-refractivity contribution in [3.05, 3.63) is 12.2 Å². The van der Waals surface area contributed by atoms with Crippen LogP contribution < -0.4 is 22.3 Å². The van der Waals surface area contributed by atoms with Crippen molar-refractivity contribution in [2.24, 2.45) is 11.5 Å². The predicted octanol–water partition coefficient (Wildman–Crippen LogP) is 8.36. The Kier molecular flexibility index (Phi) is 36.2. The number of carbonyl (C=O) groups excluding carboxylic acids is 4. The molecule has 1 aliphatic heterocycles. The number of allylic oxidation sites excluding steroid dienone is 2. The summed E-state index contributed by atoms with van der Waals surface area (Å²) in [6.07, 6.45) is 36.3. The second-order valence-corrected chi connectivity index (χ2v) is 17.8. The summed E-state index contributed by atoms with van der Waals surface area (Å²) in [5.41, 5.74) is 13.2. The van der Waals surface area contributed by atoms with E-state index in [0.717, 1.165) is 57.8 Å². The lowest BCUT2D eigenvalue weighted by Crippen LogP contribution is -2.59. The number of aliphatic hydroxyl groups is 2. The maximum Gasteiger partial charge on any atom is 0.265 e. The average Bonchev–Trinajstić information content (AvgIpc) is 3.27. The molecule has 1 fully saturated rings. The van der Waals surface area contributed by atoms with Gasteiger partial charge in [-0.1, -0.05) is 174 Å². The number of nitrogens with zero attached hydrogens (tertiary/aromatic N) is 1. The Labute approximate surface area is 377 Å². The van der Waals surface area contributed by atoms with Crippen LogP contribution in [0.1, 0.15) is 220 Å². The third kappa shape index (κ3) is 27.7. The van der Waals surface area contributed by atoms with E-state index in [1.54, 1.807) is 4.90 Å². The number of nitrogens with one attached hydrogen (secondary N) is 2. The molecule has 1 heterocycles. The van der Waals surface area contributed by atoms with Gasteiger partial charge in [0.25, 0.3) is 5.91 Å². The van der Waals surface area contributed by atoms with Crippen LogP contribution in [0, 0.1) is 0 Å². The normalized spacial score (nSPS) is 18.8. The van der Waals surface area contributed by atoms with E-state index < -0.39 is 67.4 Å². The van der Waals surface area contributed by atoms with Gasteiger partial charge in [-0.2, -0.15) is 0 Å². The van der Waals surface area contributed by atoms with E-state index in [0.29, 0.717) is 13.0 Å². The molecule has 8 N–H and O–H groups in total. The summed E-state index contributed by atoms with van der Waals surface area (Å²) < 4.78 is 6.13. The first kappa shape index (κ1) is 57.6. The largest absolute Gasteiger partial charge is 0.394 e. The predicted molar refractivity (Wildman–Crippen MR) is 250 cm³/mol. The molecule has 0 aromatic rings. The molecule has 0 aromatic heterocycles. The Morgan fingerprint density at radius 3 is 1.63 bits per heavy atom. The number of ketones is 1. The van der Waals surface area contributed by atoms with Crippen molar-refractivity contribution < 1.29 is 39.0 Å². The first-order chi connectivity index (χ1) is 30.1. The Morgan fingerprint density at radius 2 is 1.16 bits per heavy atom. The summed E-state index contributed by atoms with van der Waals surface area (Å²) in [5, 5.41) is 23.5. The highest BCUT2D eigenvalue weighted by Gasteiger charge is 2.42. The van der Waals surface area contributed by atoms with Gasteiger partial charge in [-0.15, -0.1) is 0 Å². The van der Waals surface area contributed by atoms with E-state index in [1.807, 2.05) is 0 Å². The topological polar surface area (TPSA) is 207 Å². The molecule has 0 saturated carbocycles. The number of Topliss-reactive ketones (excluding diaryl/α,β-unsaturated/α-hetero) is 1. The van der Waals surface area contributed by atoms with Crippen molar-refractivity contribution in [2.75, 3.05) is 19.7 Å². The van der Waals surface area contributed by atoms with E-state index in [-0.39, 0.29) is 12.3 Å². The Hall–Kier alpha value is -2.42. The molecule has 3 amide bonds. The van der Waals surface area contributed by atoms with Crippen molar-refractivity contribution in [1.29, 1.82) is 0 Å². The highest BCUT2D eigenvalue weighted by molar-refractivity contribution is 6.06. The first-order valence-corrected chi connectivity index (χ1v) is 25.2. The molecule has 0 spiro atoms. The molecule has 0 bridgehead atoms. The number of unbranched alkanes of at least 4 members (excludes halogenated alkanes) is 26. The maximum atomic E-state index is 13.9. The lowest BCUT2D eigenvalue weighted by molar-refractivity contribution is -0.237. The van der Waals surface area contributed by atoms with Crippen LogP contribution in [-0.4, -0.2) is 94.9 Å². The zero-order chi connectivity index (χ0) is 45.6. The van der Waals surface area contributed by atoms with Gasteiger partial charge < -0.3 is 36.6 Å². The van der Waals surface area contributed by atoms with Crippen LogP contribution in [0.25, 0.3) is 0 Å². The number of hydroxylamine groups is 1. The summed E-state index contributed by atoms with van der Waals surface area (Å²) in [6, 6.07) is -2.64. The number of aliphatic hydroxyl groups excluding tert-OH is 2. The number of carbonyl (C=O) groups is 4. The zero-order valence-corrected chi connectivity index (χ0v) is 39.6. The van der Waals surface area contributed by atoms with Crippen molar-refractivity contribution in [3.8, 4) is 0 Å². The molecule has 1 unspecified atom stereocenters. The lowest BCUT2D eigenvalue weighted by Gasteiger charge is -2.42. The molecular formula is C49H93N5O8. The van der Waals surface area contributed by atoms with Gasteiger partial charge >= 0.3 is 0 Å². The van der Waals surface area contributed by atoms with Crippen LogP contribution in [0.2, 0.25) is 0 Å². The van der Waals surface area contributed by atoms with Gasteiger partial charge in [0.2, 0.25) is 11.8 Å². The molecule has 13 heteroatoms. The Bertz CT molecular complexity index is 1180. The van der Waals surface area contributed by atoms with Gasteiger partial charge in [-0.3, -0.25) is 24.0 Å². The van der Waals surface area contributed by atoms with Crippen LogP contribution in [0.4, 0.5) is 0 Å². The fourth-order valence-corrected chi connectivity index (χ4v) is 8.00. The van der Waals surface area contributed by atoms with Crippen LogP contribution in [-0.2, 0) is 28.8 Å². The minimum Gasteiger partial charge on any atom is -0.394 e. The number of hydrogen-bond acceptors (Lipinski definition) is 10. The molecule has 6 atom stereocenters. The highest BCUT2D eigenvalue weighted by Crippen LogP contribution is 2.27. The molecule has 0 aliphatic carbocycles. The number of hydrogen-bond donors (Lipinski definition) is 6. The van der Waals surface area contributed by atoms with Crippen molar-refractivity contribution in [1.82, 2.24) is 15.7 Å². The first-order valence-electron chi connectivity index (χ1n) is 25.2. The number of rotatable bonds is 41. The SMILES string of the molecule is CCCCCCCC/C=C\CCCCCCCC(=O)N(CCCCCCCCCCCCCCCCCC)[C@H]1C[C@H](ONC(=O)[C@H](C)NC(=O)C(N)C(=O)CN)[C@@H](O)[C@@H](CO)O1. The summed E-state index contributed by atoms with van der Waals surface area (Å²) in [6.45, 7) is 5.45. The fraction of sp³-hybridized carbons (Fsp3) is 0.878. The third-order valence-corrected chi connectivity index (χ3v) is 12.2. The fourth-order valence-electron chi connectivity index (χ4n) is 8.00. The maximum absolute atomic E-state index is 13.9. The number of nitrogens with two attached hydrogens (primary N) is 2. The highest BCUT2D eigenvalue weighted by atomic mass is 16.7. The lowest BCUT2D eigenvalue weighted by atomic mass is 9.99. The number of amides is 3. The Balaban J connectivity index is 2.67. The molecule has 1 aliphatic rings. The third-order valence-electron chi connectivity index (χ3n) is 12.2. The molecule has 0 aromatic carbocycles. The van der Waals surface area contributed by atoms with Gasteiger partial charge in [0.05, 0.1) is 13.2 Å². The van der Waals surface area contributed by atoms with Crippen LogP contribution >= 0.6 is 0 Å². The number of ether oxygens (including phenoxy) is 1. The second kappa shape index (κ2) is 39.0. The van der Waals surface area contributed by atoms with Crippen molar-refractivity contribution in [3.63, 3.8) is 0 Å².